The maximum atomic E-state index is 13.3. The van der Waals surface area contributed by atoms with Gasteiger partial charge in [0.15, 0.2) is 0 Å². The molecule has 0 rings (SSSR count). The quantitative estimate of drug-likeness (QED) is 0.257. The van der Waals surface area contributed by atoms with Crippen molar-refractivity contribution in [1.29, 1.82) is 0 Å². The summed E-state index contributed by atoms with van der Waals surface area (Å²) >= 11 is 0. The van der Waals surface area contributed by atoms with Gasteiger partial charge in [-0.1, -0.05) is 0 Å². The number of halogens is 12. The molecule has 0 aliphatic carbocycles. The summed E-state index contributed by atoms with van der Waals surface area (Å²) in [4.78, 5) is 0. The molecule has 0 heterocycles. The standard InChI is InChI=1S/C10H15F12N3OSi/c11-5(12)7(15,16)9(19,20)10(21,22)8(17,18)6(13,14)4-26-2-1-3-27(23,24)25/h5H,1-4,23-25H2. The second-order valence-electron chi connectivity index (χ2n) is 5.62. The maximum absolute atomic E-state index is 13.3. The molecule has 0 aromatic heterocycles. The van der Waals surface area contributed by atoms with Crippen molar-refractivity contribution in [3.05, 3.63) is 0 Å². The van der Waals surface area contributed by atoms with Crippen LogP contribution >= 0.6 is 0 Å². The summed E-state index contributed by atoms with van der Waals surface area (Å²) in [5, 5.41) is 15.6. The molecule has 0 aliphatic rings. The average molecular weight is 449 g/mol. The first-order valence-corrected chi connectivity index (χ1v) is 9.20. The first-order chi connectivity index (χ1) is 11.7. The van der Waals surface area contributed by atoms with Gasteiger partial charge in [-0.05, 0) is 12.5 Å². The Morgan fingerprint density at radius 3 is 1.56 bits per heavy atom. The largest absolute Gasteiger partial charge is 0.384 e. The molecule has 0 aromatic carbocycles. The molecule has 6 N–H and O–H groups in total. The third kappa shape index (κ3) is 5.18. The predicted molar refractivity (Wildman–Crippen MR) is 69.3 cm³/mol. The monoisotopic (exact) mass is 449 g/mol. The Morgan fingerprint density at radius 1 is 0.741 bits per heavy atom. The van der Waals surface area contributed by atoms with Crippen LogP contribution in [-0.4, -0.2) is 57.8 Å². The molecular weight excluding hydrogens is 434 g/mol. The van der Waals surface area contributed by atoms with E-state index >= 15 is 0 Å². The zero-order valence-electron chi connectivity index (χ0n) is 13.1. The smallest absolute Gasteiger partial charge is 0.375 e. The Labute approximate surface area is 145 Å². The fraction of sp³-hybridized carbons (Fsp3) is 1.00. The summed E-state index contributed by atoms with van der Waals surface area (Å²) < 4.78 is 158. The number of ether oxygens (including phenoxy) is 1. The van der Waals surface area contributed by atoms with Crippen molar-refractivity contribution in [2.75, 3.05) is 13.2 Å². The second kappa shape index (κ2) is 7.92. The van der Waals surface area contributed by atoms with Crippen LogP contribution in [0.5, 0.6) is 0 Å². The van der Waals surface area contributed by atoms with Gasteiger partial charge in [-0.25, -0.2) is 8.78 Å². The average Bonchev–Trinajstić information content (AvgIpc) is 2.44. The van der Waals surface area contributed by atoms with Crippen LogP contribution in [0.3, 0.4) is 0 Å². The molecule has 0 aromatic rings. The second-order valence-corrected chi connectivity index (χ2v) is 8.34. The SMILES string of the molecule is N[Si](N)(N)CCCOCC(F)(F)C(F)(F)C(F)(F)C(F)(F)C(F)(F)C(F)F. The first kappa shape index (κ1) is 26.2. The van der Waals surface area contributed by atoms with Crippen molar-refractivity contribution < 1.29 is 57.4 Å². The number of alkyl halides is 12. The Bertz CT molecular complexity index is 496. The molecule has 0 spiro atoms. The molecule has 0 saturated carbocycles. The van der Waals surface area contributed by atoms with Crippen LogP contribution < -0.4 is 16.2 Å². The Kier molecular flexibility index (Phi) is 7.69. The van der Waals surface area contributed by atoms with Crippen molar-refractivity contribution in [3.63, 3.8) is 0 Å². The molecule has 4 nitrogen and oxygen atoms in total. The number of hydrogen-bond acceptors (Lipinski definition) is 4. The van der Waals surface area contributed by atoms with Gasteiger partial charge in [-0.15, -0.1) is 0 Å². The number of nitrogens with two attached hydrogens (primary N) is 3. The maximum Gasteiger partial charge on any atom is 0.384 e. The summed E-state index contributed by atoms with van der Waals surface area (Å²) in [5.74, 6) is -35.4. The van der Waals surface area contributed by atoms with Crippen LogP contribution in [0.15, 0.2) is 0 Å². The van der Waals surface area contributed by atoms with Crippen LogP contribution in [0.1, 0.15) is 6.42 Å². The van der Waals surface area contributed by atoms with Gasteiger partial charge in [0.25, 0.3) is 8.56 Å². The van der Waals surface area contributed by atoms with Crippen LogP contribution in [0.2, 0.25) is 6.04 Å². The molecule has 17 heteroatoms. The van der Waals surface area contributed by atoms with Crippen molar-refractivity contribution in [1.82, 2.24) is 0 Å². The minimum atomic E-state index is -7.55. The summed E-state index contributed by atoms with van der Waals surface area (Å²) in [7, 11) is -3.17. The van der Waals surface area contributed by atoms with Crippen molar-refractivity contribution in [2.24, 2.45) is 16.2 Å². The first-order valence-electron chi connectivity index (χ1n) is 6.77. The lowest BCUT2D eigenvalue weighted by Crippen LogP contribution is -2.69. The van der Waals surface area contributed by atoms with Crippen molar-refractivity contribution >= 4 is 8.56 Å². The highest BCUT2D eigenvalue weighted by Crippen LogP contribution is 2.58. The van der Waals surface area contributed by atoms with E-state index in [9.17, 15) is 52.7 Å². The summed E-state index contributed by atoms with van der Waals surface area (Å²) in [6.45, 7) is -3.46. The highest BCUT2D eigenvalue weighted by Gasteiger charge is 2.87. The van der Waals surface area contributed by atoms with E-state index < -0.39 is 57.8 Å². The third-order valence-corrected chi connectivity index (χ3v) is 4.34. The molecule has 0 unspecified atom stereocenters. The molecule has 0 radical (unpaired) electrons. The lowest BCUT2D eigenvalue weighted by atomic mass is 9.94. The lowest BCUT2D eigenvalue weighted by molar-refractivity contribution is -0.415. The van der Waals surface area contributed by atoms with Crippen molar-refractivity contribution in [2.45, 2.75) is 48.5 Å². The van der Waals surface area contributed by atoms with Gasteiger partial charge in [0.05, 0.1) is 0 Å². The molecule has 27 heavy (non-hydrogen) atoms. The van der Waals surface area contributed by atoms with Gasteiger partial charge < -0.3 is 20.9 Å². The summed E-state index contributed by atoms with van der Waals surface area (Å²) in [5.41, 5.74) is 0. The zero-order chi connectivity index (χ0) is 22.1. The molecule has 164 valence electrons. The van der Waals surface area contributed by atoms with Gasteiger partial charge in [0, 0.05) is 6.61 Å². The predicted octanol–water partition coefficient (Wildman–Crippen LogP) is 2.65. The van der Waals surface area contributed by atoms with E-state index in [1.54, 1.807) is 0 Å². The van der Waals surface area contributed by atoms with Crippen LogP contribution in [-0.2, 0) is 4.74 Å². The summed E-state index contributed by atoms with van der Waals surface area (Å²) in [6.07, 6.45) is -5.83. The van der Waals surface area contributed by atoms with Gasteiger partial charge in [-0.3, -0.25) is 0 Å². The minimum absolute atomic E-state index is 0.191. The molecular formula is C10H15F12N3OSi. The molecule has 0 aliphatic heterocycles. The molecule has 0 atom stereocenters. The zero-order valence-corrected chi connectivity index (χ0v) is 14.1. The van der Waals surface area contributed by atoms with E-state index in [2.05, 4.69) is 4.74 Å². The van der Waals surface area contributed by atoms with Crippen LogP contribution in [0.25, 0.3) is 0 Å². The van der Waals surface area contributed by atoms with E-state index in [4.69, 9.17) is 16.2 Å². The highest BCUT2D eigenvalue weighted by atomic mass is 28.4. The molecule has 0 saturated heterocycles. The van der Waals surface area contributed by atoms with E-state index in [0.717, 1.165) is 0 Å². The van der Waals surface area contributed by atoms with Gasteiger partial charge >= 0.3 is 36.0 Å². The van der Waals surface area contributed by atoms with E-state index in [1.165, 1.54) is 0 Å². The number of rotatable bonds is 11. The summed E-state index contributed by atoms with van der Waals surface area (Å²) in [6, 6.07) is -0.191. The van der Waals surface area contributed by atoms with Gasteiger partial charge in [-0.2, -0.15) is 43.9 Å². The van der Waals surface area contributed by atoms with E-state index in [0.29, 0.717) is 0 Å². The van der Waals surface area contributed by atoms with Gasteiger partial charge in [0.2, 0.25) is 0 Å². The lowest BCUT2D eigenvalue weighted by Gasteiger charge is -2.39. The van der Waals surface area contributed by atoms with E-state index in [-0.39, 0.29) is 12.5 Å². The topological polar surface area (TPSA) is 87.3 Å². The van der Waals surface area contributed by atoms with Crippen LogP contribution in [0.4, 0.5) is 52.7 Å². The number of hydrogen-bond donors (Lipinski definition) is 3. The Hall–Kier alpha value is -0.783. The normalized spacial score (nSPS) is 15.6. The third-order valence-electron chi connectivity index (χ3n) is 3.12. The molecule has 0 bridgehead atoms. The van der Waals surface area contributed by atoms with E-state index in [1.807, 2.05) is 0 Å². The molecule has 0 fully saturated rings. The van der Waals surface area contributed by atoms with Crippen LogP contribution in [0, 0.1) is 0 Å². The molecule has 0 amide bonds. The fourth-order valence-electron chi connectivity index (χ4n) is 1.54. The van der Waals surface area contributed by atoms with Crippen molar-refractivity contribution in [3.8, 4) is 0 Å². The minimum Gasteiger partial charge on any atom is -0.375 e. The Balaban J connectivity index is 5.37. The fourth-order valence-corrected chi connectivity index (χ4v) is 2.30. The Morgan fingerprint density at radius 2 is 1.19 bits per heavy atom. The van der Waals surface area contributed by atoms with Gasteiger partial charge in [0.1, 0.15) is 6.61 Å². The highest BCUT2D eigenvalue weighted by molar-refractivity contribution is 6.70.